The number of rotatable bonds is 5. The van der Waals surface area contributed by atoms with Gasteiger partial charge in [-0.1, -0.05) is 26.0 Å². The minimum atomic E-state index is 0.691. The molecule has 0 saturated heterocycles. The van der Waals surface area contributed by atoms with E-state index in [0.29, 0.717) is 5.92 Å². The highest BCUT2D eigenvalue weighted by Crippen LogP contribution is 2.18. The SMILES string of the molecule is CC(C)CCN(C)c1ccccc1C=O. The molecule has 0 spiro atoms. The molecule has 0 aliphatic rings. The van der Waals surface area contributed by atoms with Crippen LogP contribution in [0.4, 0.5) is 5.69 Å². The van der Waals surface area contributed by atoms with Crippen molar-refractivity contribution in [3.8, 4) is 0 Å². The molecule has 0 saturated carbocycles. The van der Waals surface area contributed by atoms with E-state index in [-0.39, 0.29) is 0 Å². The first-order chi connectivity index (χ1) is 7.15. The van der Waals surface area contributed by atoms with Crippen molar-refractivity contribution in [2.75, 3.05) is 18.5 Å². The van der Waals surface area contributed by atoms with Gasteiger partial charge in [-0.15, -0.1) is 0 Å². The zero-order valence-electron chi connectivity index (χ0n) is 9.73. The lowest BCUT2D eigenvalue weighted by molar-refractivity contribution is 0.112. The molecule has 82 valence electrons. The molecule has 1 aromatic carbocycles. The van der Waals surface area contributed by atoms with Gasteiger partial charge >= 0.3 is 0 Å². The largest absolute Gasteiger partial charge is 0.374 e. The van der Waals surface area contributed by atoms with E-state index < -0.39 is 0 Å². The second-order valence-corrected chi connectivity index (χ2v) is 4.28. The topological polar surface area (TPSA) is 20.3 Å². The maximum Gasteiger partial charge on any atom is 0.152 e. The zero-order chi connectivity index (χ0) is 11.3. The summed E-state index contributed by atoms with van der Waals surface area (Å²) in [6.45, 7) is 5.40. The summed E-state index contributed by atoms with van der Waals surface area (Å²) in [7, 11) is 2.03. The molecule has 2 nitrogen and oxygen atoms in total. The van der Waals surface area contributed by atoms with Crippen molar-refractivity contribution in [2.45, 2.75) is 20.3 Å². The molecule has 0 aromatic heterocycles. The predicted molar refractivity (Wildman–Crippen MR) is 64.6 cm³/mol. The van der Waals surface area contributed by atoms with Crippen LogP contribution in [0.15, 0.2) is 24.3 Å². The van der Waals surface area contributed by atoms with E-state index in [1.165, 1.54) is 0 Å². The standard InChI is InChI=1S/C13H19NO/c1-11(2)8-9-14(3)13-7-5-4-6-12(13)10-15/h4-7,10-11H,8-9H2,1-3H3. The number of hydrogen-bond acceptors (Lipinski definition) is 2. The van der Waals surface area contributed by atoms with Gasteiger partial charge in [0.15, 0.2) is 6.29 Å². The molecular formula is C13H19NO. The van der Waals surface area contributed by atoms with Gasteiger partial charge in [-0.2, -0.15) is 0 Å². The number of benzene rings is 1. The lowest BCUT2D eigenvalue weighted by Crippen LogP contribution is -2.21. The lowest BCUT2D eigenvalue weighted by Gasteiger charge is -2.21. The molecule has 0 atom stereocenters. The minimum absolute atomic E-state index is 0.691. The van der Waals surface area contributed by atoms with Gasteiger partial charge in [0.1, 0.15) is 0 Å². The summed E-state index contributed by atoms with van der Waals surface area (Å²) < 4.78 is 0. The fraction of sp³-hybridized carbons (Fsp3) is 0.462. The summed E-state index contributed by atoms with van der Waals surface area (Å²) in [5, 5.41) is 0. The van der Waals surface area contributed by atoms with E-state index in [0.717, 1.165) is 30.5 Å². The number of carbonyl (C=O) groups excluding carboxylic acids is 1. The van der Waals surface area contributed by atoms with Gasteiger partial charge in [0, 0.05) is 24.8 Å². The quantitative estimate of drug-likeness (QED) is 0.689. The van der Waals surface area contributed by atoms with Crippen molar-refractivity contribution in [1.82, 2.24) is 0 Å². The molecule has 0 fully saturated rings. The third-order valence-electron chi connectivity index (χ3n) is 2.52. The Hall–Kier alpha value is -1.31. The highest BCUT2D eigenvalue weighted by Gasteiger charge is 2.06. The fourth-order valence-electron chi connectivity index (χ4n) is 1.51. The molecule has 0 aliphatic carbocycles. The highest BCUT2D eigenvalue weighted by molar-refractivity contribution is 5.84. The van der Waals surface area contributed by atoms with Gasteiger partial charge in [-0.05, 0) is 24.5 Å². The minimum Gasteiger partial charge on any atom is -0.374 e. The number of carbonyl (C=O) groups is 1. The van der Waals surface area contributed by atoms with Crippen LogP contribution in [-0.4, -0.2) is 19.9 Å². The number of hydrogen-bond donors (Lipinski definition) is 0. The van der Waals surface area contributed by atoms with E-state index in [4.69, 9.17) is 0 Å². The van der Waals surface area contributed by atoms with Crippen LogP contribution < -0.4 is 4.90 Å². The molecule has 0 aliphatic heterocycles. The van der Waals surface area contributed by atoms with Crippen LogP contribution in [0.5, 0.6) is 0 Å². The van der Waals surface area contributed by atoms with Gasteiger partial charge in [0.2, 0.25) is 0 Å². The van der Waals surface area contributed by atoms with Gasteiger partial charge in [-0.25, -0.2) is 0 Å². The Labute approximate surface area is 91.9 Å². The van der Waals surface area contributed by atoms with Crippen molar-refractivity contribution in [1.29, 1.82) is 0 Å². The predicted octanol–water partition coefficient (Wildman–Crippen LogP) is 2.98. The molecule has 0 amide bonds. The summed E-state index contributed by atoms with van der Waals surface area (Å²) in [6, 6.07) is 7.70. The van der Waals surface area contributed by atoms with E-state index >= 15 is 0 Å². The van der Waals surface area contributed by atoms with Crippen LogP contribution in [0.1, 0.15) is 30.6 Å². The Balaban J connectivity index is 2.72. The first-order valence-corrected chi connectivity index (χ1v) is 5.40. The van der Waals surface area contributed by atoms with Gasteiger partial charge in [0.25, 0.3) is 0 Å². The zero-order valence-corrected chi connectivity index (χ0v) is 9.73. The molecule has 1 rings (SSSR count). The van der Waals surface area contributed by atoms with E-state index in [9.17, 15) is 4.79 Å². The molecule has 0 radical (unpaired) electrons. The van der Waals surface area contributed by atoms with E-state index in [2.05, 4.69) is 18.7 Å². The van der Waals surface area contributed by atoms with Crippen molar-refractivity contribution in [2.24, 2.45) is 5.92 Å². The maximum absolute atomic E-state index is 10.8. The number of nitrogens with zero attached hydrogens (tertiary/aromatic N) is 1. The lowest BCUT2D eigenvalue weighted by atomic mass is 10.1. The van der Waals surface area contributed by atoms with E-state index in [1.807, 2.05) is 31.3 Å². The monoisotopic (exact) mass is 205 g/mol. The van der Waals surface area contributed by atoms with Crippen molar-refractivity contribution < 1.29 is 4.79 Å². The van der Waals surface area contributed by atoms with Gasteiger partial charge in [0.05, 0.1) is 0 Å². The average Bonchev–Trinajstić information content (AvgIpc) is 2.25. The van der Waals surface area contributed by atoms with Crippen molar-refractivity contribution >= 4 is 12.0 Å². The van der Waals surface area contributed by atoms with Crippen LogP contribution in [0.25, 0.3) is 0 Å². The first-order valence-electron chi connectivity index (χ1n) is 5.40. The van der Waals surface area contributed by atoms with Crippen LogP contribution in [0.3, 0.4) is 0 Å². The summed E-state index contributed by atoms with van der Waals surface area (Å²) in [4.78, 5) is 13.0. The fourth-order valence-corrected chi connectivity index (χ4v) is 1.51. The molecule has 1 aromatic rings. The summed E-state index contributed by atoms with van der Waals surface area (Å²) in [6.07, 6.45) is 2.06. The molecular weight excluding hydrogens is 186 g/mol. The molecule has 15 heavy (non-hydrogen) atoms. The Bertz CT molecular complexity index is 320. The summed E-state index contributed by atoms with van der Waals surface area (Å²) >= 11 is 0. The average molecular weight is 205 g/mol. The Morgan fingerprint density at radius 3 is 2.60 bits per heavy atom. The van der Waals surface area contributed by atoms with Crippen LogP contribution in [-0.2, 0) is 0 Å². The molecule has 0 unspecified atom stereocenters. The van der Waals surface area contributed by atoms with Crippen LogP contribution in [0, 0.1) is 5.92 Å². The second-order valence-electron chi connectivity index (χ2n) is 4.28. The maximum atomic E-state index is 10.8. The van der Waals surface area contributed by atoms with Crippen molar-refractivity contribution in [3.63, 3.8) is 0 Å². The molecule has 2 heteroatoms. The van der Waals surface area contributed by atoms with Gasteiger partial charge < -0.3 is 4.90 Å². The summed E-state index contributed by atoms with van der Waals surface area (Å²) in [5.41, 5.74) is 1.79. The smallest absolute Gasteiger partial charge is 0.152 e. The Morgan fingerprint density at radius 1 is 1.33 bits per heavy atom. The number of anilines is 1. The first kappa shape index (κ1) is 11.8. The van der Waals surface area contributed by atoms with Gasteiger partial charge in [-0.3, -0.25) is 4.79 Å². The van der Waals surface area contributed by atoms with Crippen LogP contribution in [0.2, 0.25) is 0 Å². The summed E-state index contributed by atoms with van der Waals surface area (Å²) in [5.74, 6) is 0.691. The molecule has 0 N–H and O–H groups in total. The van der Waals surface area contributed by atoms with Crippen LogP contribution >= 0.6 is 0 Å². The number of para-hydroxylation sites is 1. The molecule has 0 bridgehead atoms. The normalized spacial score (nSPS) is 10.4. The third-order valence-corrected chi connectivity index (χ3v) is 2.52. The second kappa shape index (κ2) is 5.54. The number of aldehydes is 1. The molecule has 0 heterocycles. The van der Waals surface area contributed by atoms with E-state index in [1.54, 1.807) is 0 Å². The third kappa shape index (κ3) is 3.39. The Kier molecular flexibility index (Phi) is 4.35. The van der Waals surface area contributed by atoms with Crippen molar-refractivity contribution in [3.05, 3.63) is 29.8 Å². The Morgan fingerprint density at radius 2 is 2.00 bits per heavy atom. The highest BCUT2D eigenvalue weighted by atomic mass is 16.1.